The minimum atomic E-state index is -0.540. The van der Waals surface area contributed by atoms with E-state index in [0.717, 1.165) is 16.7 Å². The first-order valence-electron chi connectivity index (χ1n) is 7.76. The molecular formula is C18H16ClNO6S. The van der Waals surface area contributed by atoms with Gasteiger partial charge in [0, 0.05) is 0 Å². The summed E-state index contributed by atoms with van der Waals surface area (Å²) in [6.45, 7) is 1.51. The molecule has 0 aromatic heterocycles. The number of hydrogen-bond acceptors (Lipinski definition) is 7. The molecule has 1 saturated heterocycles. The Balaban J connectivity index is 2.26. The Morgan fingerprint density at radius 3 is 2.78 bits per heavy atom. The second kappa shape index (κ2) is 9.35. The van der Waals surface area contributed by atoms with Crippen molar-refractivity contribution in [3.05, 3.63) is 27.6 Å². The SMILES string of the molecule is C#CCN1C(=O)SC(=Cc2cc(Cl)c(OCC(=O)OCC)c(OC)c2)C1=O. The number of rotatable bonds is 7. The van der Waals surface area contributed by atoms with Crippen LogP contribution in [0.25, 0.3) is 6.08 Å². The van der Waals surface area contributed by atoms with E-state index in [2.05, 4.69) is 5.92 Å². The van der Waals surface area contributed by atoms with Gasteiger partial charge in [-0.1, -0.05) is 17.5 Å². The fourth-order valence-corrected chi connectivity index (χ4v) is 3.29. The molecule has 0 radical (unpaired) electrons. The van der Waals surface area contributed by atoms with Crippen molar-refractivity contribution in [2.45, 2.75) is 6.92 Å². The molecule has 142 valence electrons. The number of thioether (sulfide) groups is 1. The zero-order valence-corrected chi connectivity index (χ0v) is 16.2. The maximum absolute atomic E-state index is 12.2. The highest BCUT2D eigenvalue weighted by molar-refractivity contribution is 8.18. The zero-order chi connectivity index (χ0) is 20.0. The van der Waals surface area contributed by atoms with Gasteiger partial charge in [-0.2, -0.15) is 0 Å². The summed E-state index contributed by atoms with van der Waals surface area (Å²) < 4.78 is 15.4. The van der Waals surface area contributed by atoms with E-state index in [1.54, 1.807) is 13.0 Å². The molecule has 1 aliphatic heterocycles. The van der Waals surface area contributed by atoms with E-state index in [9.17, 15) is 14.4 Å². The summed E-state index contributed by atoms with van der Waals surface area (Å²) in [6, 6.07) is 3.10. The smallest absolute Gasteiger partial charge is 0.344 e. The first-order chi connectivity index (χ1) is 12.9. The van der Waals surface area contributed by atoms with Gasteiger partial charge < -0.3 is 14.2 Å². The molecule has 1 aromatic rings. The largest absolute Gasteiger partial charge is 0.493 e. The number of terminal acetylenes is 1. The lowest BCUT2D eigenvalue weighted by Gasteiger charge is -2.13. The Morgan fingerprint density at radius 2 is 2.15 bits per heavy atom. The van der Waals surface area contributed by atoms with Gasteiger partial charge in [0.25, 0.3) is 11.1 Å². The monoisotopic (exact) mass is 409 g/mol. The quantitative estimate of drug-likeness (QED) is 0.389. The molecule has 27 heavy (non-hydrogen) atoms. The summed E-state index contributed by atoms with van der Waals surface area (Å²) >= 11 is 7.01. The van der Waals surface area contributed by atoms with Crippen LogP contribution in [0.1, 0.15) is 12.5 Å². The third kappa shape index (κ3) is 4.96. The van der Waals surface area contributed by atoms with Crippen LogP contribution in [0.5, 0.6) is 11.5 Å². The number of benzene rings is 1. The van der Waals surface area contributed by atoms with Gasteiger partial charge in [-0.05, 0) is 42.5 Å². The van der Waals surface area contributed by atoms with Crippen LogP contribution >= 0.6 is 23.4 Å². The van der Waals surface area contributed by atoms with Crippen LogP contribution < -0.4 is 9.47 Å². The van der Waals surface area contributed by atoms with Gasteiger partial charge in [0.1, 0.15) is 0 Å². The fourth-order valence-electron chi connectivity index (χ4n) is 2.18. The van der Waals surface area contributed by atoms with Crippen LogP contribution in [0.3, 0.4) is 0 Å². The number of halogens is 1. The molecule has 2 amide bonds. The van der Waals surface area contributed by atoms with Crippen molar-refractivity contribution in [1.82, 2.24) is 4.90 Å². The topological polar surface area (TPSA) is 82.1 Å². The zero-order valence-electron chi connectivity index (χ0n) is 14.6. The van der Waals surface area contributed by atoms with Gasteiger partial charge in [-0.3, -0.25) is 14.5 Å². The lowest BCUT2D eigenvalue weighted by molar-refractivity contribution is -0.145. The van der Waals surface area contributed by atoms with Crippen molar-refractivity contribution in [1.29, 1.82) is 0 Å². The van der Waals surface area contributed by atoms with Crippen LogP contribution in [-0.4, -0.2) is 48.9 Å². The van der Waals surface area contributed by atoms with Crippen molar-refractivity contribution in [3.63, 3.8) is 0 Å². The molecule has 0 atom stereocenters. The second-order valence-electron chi connectivity index (χ2n) is 5.10. The molecule has 0 N–H and O–H groups in total. The fraction of sp³-hybridized carbons (Fsp3) is 0.278. The minimum Gasteiger partial charge on any atom is -0.493 e. The van der Waals surface area contributed by atoms with E-state index < -0.39 is 17.1 Å². The Kier molecular flexibility index (Phi) is 7.16. The van der Waals surface area contributed by atoms with E-state index in [1.807, 2.05) is 0 Å². The van der Waals surface area contributed by atoms with E-state index in [1.165, 1.54) is 19.3 Å². The molecule has 0 saturated carbocycles. The first-order valence-corrected chi connectivity index (χ1v) is 8.95. The maximum atomic E-state index is 12.2. The second-order valence-corrected chi connectivity index (χ2v) is 6.50. The van der Waals surface area contributed by atoms with Crippen molar-refractivity contribution in [2.24, 2.45) is 0 Å². The van der Waals surface area contributed by atoms with E-state index in [0.29, 0.717) is 5.56 Å². The Bertz CT molecular complexity index is 845. The number of amides is 2. The number of carbonyl (C=O) groups is 3. The molecule has 1 aromatic carbocycles. The predicted molar refractivity (Wildman–Crippen MR) is 102 cm³/mol. The molecule has 0 aliphatic carbocycles. The summed E-state index contributed by atoms with van der Waals surface area (Å²) in [5.74, 6) is 1.69. The third-order valence-electron chi connectivity index (χ3n) is 3.31. The average molecular weight is 410 g/mol. The van der Waals surface area contributed by atoms with Gasteiger partial charge >= 0.3 is 5.97 Å². The van der Waals surface area contributed by atoms with Crippen molar-refractivity contribution in [3.8, 4) is 23.8 Å². The Morgan fingerprint density at radius 1 is 1.41 bits per heavy atom. The number of imide groups is 1. The standard InChI is InChI=1S/C18H16ClNO6S/c1-4-6-20-17(22)14(27-18(20)23)9-11-7-12(19)16(13(8-11)24-3)26-10-15(21)25-5-2/h1,7-9H,5-6,10H2,2-3H3. The number of esters is 1. The maximum Gasteiger partial charge on any atom is 0.344 e. The van der Waals surface area contributed by atoms with Gasteiger partial charge in [-0.25, -0.2) is 4.79 Å². The number of carbonyl (C=O) groups excluding carboxylic acids is 3. The van der Waals surface area contributed by atoms with Crippen molar-refractivity contribution < 1.29 is 28.6 Å². The molecule has 1 heterocycles. The van der Waals surface area contributed by atoms with Crippen LogP contribution in [-0.2, 0) is 14.3 Å². The minimum absolute atomic E-state index is 0.0906. The van der Waals surface area contributed by atoms with Crippen LogP contribution in [0.15, 0.2) is 17.0 Å². The molecule has 1 aliphatic rings. The molecule has 0 unspecified atom stereocenters. The molecule has 1 fully saturated rings. The number of nitrogens with zero attached hydrogens (tertiary/aromatic N) is 1. The van der Waals surface area contributed by atoms with E-state index in [-0.39, 0.29) is 41.2 Å². The van der Waals surface area contributed by atoms with E-state index in [4.69, 9.17) is 32.2 Å². The van der Waals surface area contributed by atoms with Crippen LogP contribution in [0, 0.1) is 12.3 Å². The number of ether oxygens (including phenoxy) is 3. The highest BCUT2D eigenvalue weighted by Crippen LogP contribution is 2.38. The van der Waals surface area contributed by atoms with Gasteiger partial charge in [0.15, 0.2) is 18.1 Å². The molecule has 0 spiro atoms. The summed E-state index contributed by atoms with van der Waals surface area (Å²) in [7, 11) is 1.41. The highest BCUT2D eigenvalue weighted by Gasteiger charge is 2.34. The normalized spacial score (nSPS) is 15.0. The molecular weight excluding hydrogens is 394 g/mol. The highest BCUT2D eigenvalue weighted by atomic mass is 35.5. The van der Waals surface area contributed by atoms with Crippen LogP contribution in [0.2, 0.25) is 5.02 Å². The Hall–Kier alpha value is -2.63. The molecule has 0 bridgehead atoms. The van der Waals surface area contributed by atoms with Gasteiger partial charge in [0.2, 0.25) is 0 Å². The predicted octanol–water partition coefficient (Wildman–Crippen LogP) is 2.96. The Labute approximate surface area is 165 Å². The molecule has 9 heteroatoms. The number of hydrogen-bond donors (Lipinski definition) is 0. The van der Waals surface area contributed by atoms with Crippen molar-refractivity contribution >= 4 is 46.6 Å². The van der Waals surface area contributed by atoms with Crippen LogP contribution in [0.4, 0.5) is 4.79 Å². The summed E-state index contributed by atoms with van der Waals surface area (Å²) in [5.41, 5.74) is 0.520. The summed E-state index contributed by atoms with van der Waals surface area (Å²) in [4.78, 5) is 36.7. The average Bonchev–Trinajstić information content (AvgIpc) is 2.88. The van der Waals surface area contributed by atoms with Crippen molar-refractivity contribution in [2.75, 3.05) is 26.9 Å². The van der Waals surface area contributed by atoms with Gasteiger partial charge in [0.05, 0.1) is 30.2 Å². The lowest BCUT2D eigenvalue weighted by atomic mass is 10.1. The first kappa shape index (κ1) is 20.7. The van der Waals surface area contributed by atoms with E-state index >= 15 is 0 Å². The summed E-state index contributed by atoms with van der Waals surface area (Å²) in [6.07, 6.45) is 6.67. The van der Waals surface area contributed by atoms with Gasteiger partial charge in [-0.15, -0.1) is 6.42 Å². The summed E-state index contributed by atoms with van der Waals surface area (Å²) in [5, 5.41) is -0.260. The molecule has 2 rings (SSSR count). The lowest BCUT2D eigenvalue weighted by Crippen LogP contribution is -2.28. The number of methoxy groups -OCH3 is 1. The molecule has 7 nitrogen and oxygen atoms in total. The third-order valence-corrected chi connectivity index (χ3v) is 4.50.